The van der Waals surface area contributed by atoms with E-state index in [1.807, 2.05) is 0 Å². The third-order valence-electron chi connectivity index (χ3n) is 3.39. The van der Waals surface area contributed by atoms with Crippen molar-refractivity contribution in [3.63, 3.8) is 0 Å². The minimum atomic E-state index is 0.183. The van der Waals surface area contributed by atoms with E-state index >= 15 is 0 Å². The lowest BCUT2D eigenvalue weighted by Crippen LogP contribution is -2.54. The average molecular weight is 241 g/mol. The fourth-order valence-electron chi connectivity index (χ4n) is 2.25. The molecule has 4 heteroatoms. The zero-order chi connectivity index (χ0) is 12.7. The Morgan fingerprint density at radius 2 is 2.35 bits per heavy atom. The Balaban J connectivity index is 2.47. The van der Waals surface area contributed by atoms with Crippen LogP contribution in [0.5, 0.6) is 0 Å². The van der Waals surface area contributed by atoms with Crippen LogP contribution >= 0.6 is 0 Å². The summed E-state index contributed by atoms with van der Waals surface area (Å²) in [6.45, 7) is 12.3. The first-order chi connectivity index (χ1) is 8.21. The van der Waals surface area contributed by atoms with Gasteiger partial charge in [-0.25, -0.2) is 0 Å². The molecule has 0 aliphatic carbocycles. The van der Waals surface area contributed by atoms with Gasteiger partial charge in [0.1, 0.15) is 0 Å². The van der Waals surface area contributed by atoms with E-state index in [0.29, 0.717) is 0 Å². The molecule has 17 heavy (non-hydrogen) atoms. The van der Waals surface area contributed by atoms with E-state index in [2.05, 4.69) is 30.8 Å². The fourth-order valence-corrected chi connectivity index (χ4v) is 2.25. The number of nitrogens with zero attached hydrogens (tertiary/aromatic N) is 1. The molecule has 0 spiro atoms. The van der Waals surface area contributed by atoms with Gasteiger partial charge >= 0.3 is 0 Å². The first-order valence-corrected chi connectivity index (χ1v) is 6.68. The maximum atomic E-state index is 5.83. The van der Waals surface area contributed by atoms with Gasteiger partial charge in [-0.2, -0.15) is 0 Å². The summed E-state index contributed by atoms with van der Waals surface area (Å²) >= 11 is 0. The standard InChI is InChI=1S/C13H27N3O/c1-4-6-16-7-8-17-13(10-16)12(15-14)9-11(3)5-2/h12-13,15H,3-10,14H2,1-2H3. The average Bonchev–Trinajstić information content (AvgIpc) is 2.36. The number of rotatable bonds is 7. The number of ether oxygens (including phenoxy) is 1. The highest BCUT2D eigenvalue weighted by Crippen LogP contribution is 2.15. The largest absolute Gasteiger partial charge is 0.374 e. The van der Waals surface area contributed by atoms with E-state index in [0.717, 1.165) is 39.1 Å². The van der Waals surface area contributed by atoms with Crippen molar-refractivity contribution in [3.8, 4) is 0 Å². The first kappa shape index (κ1) is 14.6. The van der Waals surface area contributed by atoms with Gasteiger partial charge in [-0.15, -0.1) is 0 Å². The van der Waals surface area contributed by atoms with Crippen molar-refractivity contribution in [2.75, 3.05) is 26.2 Å². The predicted octanol–water partition coefficient (Wildman–Crippen LogP) is 1.29. The Labute approximate surface area is 105 Å². The molecule has 0 saturated carbocycles. The third kappa shape index (κ3) is 4.76. The number of hydrogen-bond donors (Lipinski definition) is 2. The molecule has 1 rings (SSSR count). The van der Waals surface area contributed by atoms with Gasteiger partial charge in [0.2, 0.25) is 0 Å². The summed E-state index contributed by atoms with van der Waals surface area (Å²) in [5, 5.41) is 0. The van der Waals surface area contributed by atoms with E-state index in [1.54, 1.807) is 0 Å². The van der Waals surface area contributed by atoms with E-state index in [1.165, 1.54) is 12.0 Å². The Kier molecular flexibility index (Phi) is 6.73. The molecule has 0 bridgehead atoms. The zero-order valence-corrected chi connectivity index (χ0v) is 11.2. The van der Waals surface area contributed by atoms with Crippen molar-refractivity contribution in [1.29, 1.82) is 0 Å². The molecule has 100 valence electrons. The van der Waals surface area contributed by atoms with Gasteiger partial charge in [0.15, 0.2) is 0 Å². The minimum Gasteiger partial charge on any atom is -0.374 e. The summed E-state index contributed by atoms with van der Waals surface area (Å²) in [5.41, 5.74) is 4.11. The molecule has 1 fully saturated rings. The van der Waals surface area contributed by atoms with Gasteiger partial charge < -0.3 is 4.74 Å². The lowest BCUT2D eigenvalue weighted by molar-refractivity contribution is -0.0462. The van der Waals surface area contributed by atoms with Crippen LogP contribution in [-0.4, -0.2) is 43.3 Å². The molecule has 1 heterocycles. The minimum absolute atomic E-state index is 0.183. The Bertz CT molecular complexity index is 231. The van der Waals surface area contributed by atoms with Crippen LogP contribution < -0.4 is 11.3 Å². The molecular weight excluding hydrogens is 214 g/mol. The van der Waals surface area contributed by atoms with Crippen LogP contribution in [0.15, 0.2) is 12.2 Å². The van der Waals surface area contributed by atoms with Gasteiger partial charge in [-0.05, 0) is 25.8 Å². The summed E-state index contributed by atoms with van der Waals surface area (Å²) in [6, 6.07) is 0.183. The molecule has 2 unspecified atom stereocenters. The van der Waals surface area contributed by atoms with Crippen LogP contribution in [-0.2, 0) is 4.74 Å². The topological polar surface area (TPSA) is 50.5 Å². The monoisotopic (exact) mass is 241 g/mol. The highest BCUT2D eigenvalue weighted by Gasteiger charge is 2.27. The van der Waals surface area contributed by atoms with Gasteiger partial charge in [0.05, 0.1) is 18.8 Å². The van der Waals surface area contributed by atoms with E-state index in [4.69, 9.17) is 10.6 Å². The maximum Gasteiger partial charge on any atom is 0.0871 e. The highest BCUT2D eigenvalue weighted by atomic mass is 16.5. The lowest BCUT2D eigenvalue weighted by atomic mass is 10.00. The van der Waals surface area contributed by atoms with Crippen molar-refractivity contribution < 1.29 is 4.74 Å². The Hall–Kier alpha value is -0.420. The van der Waals surface area contributed by atoms with Crippen LogP contribution in [0.3, 0.4) is 0 Å². The molecule has 1 aliphatic rings. The predicted molar refractivity (Wildman–Crippen MR) is 71.6 cm³/mol. The molecule has 0 aromatic heterocycles. The lowest BCUT2D eigenvalue weighted by Gasteiger charge is -2.36. The maximum absolute atomic E-state index is 5.83. The zero-order valence-electron chi connectivity index (χ0n) is 11.2. The second kappa shape index (κ2) is 7.82. The van der Waals surface area contributed by atoms with Crippen molar-refractivity contribution in [1.82, 2.24) is 10.3 Å². The van der Waals surface area contributed by atoms with Gasteiger partial charge in [0.25, 0.3) is 0 Å². The summed E-state index contributed by atoms with van der Waals surface area (Å²) in [5.74, 6) is 5.64. The SMILES string of the molecule is C=C(CC)CC(NN)C1CN(CCC)CCO1. The third-order valence-corrected chi connectivity index (χ3v) is 3.39. The van der Waals surface area contributed by atoms with Crippen LogP contribution in [0.1, 0.15) is 33.1 Å². The normalized spacial score (nSPS) is 23.6. The quantitative estimate of drug-likeness (QED) is 0.400. The number of nitrogens with two attached hydrogens (primary N) is 1. The van der Waals surface area contributed by atoms with Crippen LogP contribution in [0.4, 0.5) is 0 Å². The molecule has 2 atom stereocenters. The van der Waals surface area contributed by atoms with Crippen LogP contribution in [0.25, 0.3) is 0 Å². The summed E-state index contributed by atoms with van der Waals surface area (Å²) in [4.78, 5) is 2.45. The molecule has 1 saturated heterocycles. The molecule has 0 radical (unpaired) electrons. The van der Waals surface area contributed by atoms with Crippen LogP contribution in [0.2, 0.25) is 0 Å². The number of morpholine rings is 1. The van der Waals surface area contributed by atoms with Crippen molar-refractivity contribution >= 4 is 0 Å². The molecule has 0 aromatic carbocycles. The van der Waals surface area contributed by atoms with Crippen molar-refractivity contribution in [2.45, 2.75) is 45.3 Å². The molecular formula is C13H27N3O. The molecule has 3 N–H and O–H groups in total. The molecule has 0 amide bonds. The second-order valence-corrected chi connectivity index (χ2v) is 4.79. The summed E-state index contributed by atoms with van der Waals surface area (Å²) in [6.07, 6.45) is 3.28. The van der Waals surface area contributed by atoms with Crippen LogP contribution in [0, 0.1) is 0 Å². The van der Waals surface area contributed by atoms with Gasteiger partial charge in [-0.3, -0.25) is 16.2 Å². The molecule has 0 aromatic rings. The highest BCUT2D eigenvalue weighted by molar-refractivity contribution is 4.99. The first-order valence-electron chi connectivity index (χ1n) is 6.68. The Morgan fingerprint density at radius 3 is 2.94 bits per heavy atom. The molecule has 1 aliphatic heterocycles. The number of hydrogen-bond acceptors (Lipinski definition) is 4. The summed E-state index contributed by atoms with van der Waals surface area (Å²) < 4.78 is 5.83. The fraction of sp³-hybridized carbons (Fsp3) is 0.846. The smallest absolute Gasteiger partial charge is 0.0871 e. The summed E-state index contributed by atoms with van der Waals surface area (Å²) in [7, 11) is 0. The van der Waals surface area contributed by atoms with Gasteiger partial charge in [-0.1, -0.05) is 26.0 Å². The Morgan fingerprint density at radius 1 is 1.59 bits per heavy atom. The second-order valence-electron chi connectivity index (χ2n) is 4.79. The van der Waals surface area contributed by atoms with E-state index in [-0.39, 0.29) is 12.1 Å². The van der Waals surface area contributed by atoms with Gasteiger partial charge in [0, 0.05) is 13.1 Å². The van der Waals surface area contributed by atoms with E-state index in [9.17, 15) is 0 Å². The van der Waals surface area contributed by atoms with Crippen molar-refractivity contribution in [2.24, 2.45) is 5.84 Å². The van der Waals surface area contributed by atoms with Crippen molar-refractivity contribution in [3.05, 3.63) is 12.2 Å². The van der Waals surface area contributed by atoms with E-state index < -0.39 is 0 Å². The number of hydrazine groups is 1. The molecule has 4 nitrogen and oxygen atoms in total. The number of nitrogens with one attached hydrogen (secondary N) is 1.